The van der Waals surface area contributed by atoms with Crippen molar-refractivity contribution in [1.29, 1.82) is 0 Å². The second-order valence-electron chi connectivity index (χ2n) is 9.73. The molecule has 0 aliphatic rings. The maximum Gasteiger partial charge on any atom is 0.253 e. The minimum Gasteiger partial charge on any atom is -0.468 e. The zero-order valence-corrected chi connectivity index (χ0v) is 21.0. The molecule has 0 spiro atoms. The Morgan fingerprint density at radius 3 is 2.71 bits per heavy atom. The Balaban J connectivity index is 1.72. The highest BCUT2D eigenvalue weighted by Crippen LogP contribution is 2.32. The molecule has 0 fully saturated rings. The normalized spacial score (nSPS) is 13.1. The summed E-state index contributed by atoms with van der Waals surface area (Å²) in [5.41, 5.74) is 1.95. The molecule has 0 aliphatic carbocycles. The van der Waals surface area contributed by atoms with Crippen molar-refractivity contribution in [3.8, 4) is 0 Å². The van der Waals surface area contributed by atoms with E-state index in [9.17, 15) is 4.79 Å². The molecule has 1 N–H and O–H groups in total. The van der Waals surface area contributed by atoms with Gasteiger partial charge in [0.15, 0.2) is 5.82 Å². The minimum absolute atomic E-state index is 0.160. The van der Waals surface area contributed by atoms with E-state index in [1.165, 1.54) is 4.88 Å². The van der Waals surface area contributed by atoms with E-state index in [0.29, 0.717) is 24.5 Å². The van der Waals surface area contributed by atoms with Crippen LogP contribution in [0, 0.1) is 6.92 Å². The van der Waals surface area contributed by atoms with Crippen LogP contribution in [0.3, 0.4) is 0 Å². The number of furan rings is 1. The Morgan fingerprint density at radius 1 is 1.14 bits per heavy atom. The van der Waals surface area contributed by atoms with Crippen LogP contribution in [0.5, 0.6) is 0 Å². The lowest BCUT2D eigenvalue weighted by atomic mass is 10.0. The molecule has 0 aliphatic heterocycles. The van der Waals surface area contributed by atoms with Gasteiger partial charge in [-0.1, -0.05) is 18.2 Å². The number of aromatic nitrogens is 5. The lowest BCUT2D eigenvalue weighted by Crippen LogP contribution is -2.37. The maximum atomic E-state index is 13.6. The summed E-state index contributed by atoms with van der Waals surface area (Å²) in [7, 11) is 0. The molecule has 9 heteroatoms. The highest BCUT2D eigenvalue weighted by Gasteiger charge is 2.34. The molecule has 0 saturated heterocycles. The smallest absolute Gasteiger partial charge is 0.253 e. The number of fused-ring (bicyclic) bond motifs is 1. The van der Waals surface area contributed by atoms with Crippen molar-refractivity contribution in [1.82, 2.24) is 30.1 Å². The average molecular weight is 489 g/mol. The summed E-state index contributed by atoms with van der Waals surface area (Å²) < 4.78 is 7.52. The largest absolute Gasteiger partial charge is 0.468 e. The highest BCUT2D eigenvalue weighted by molar-refractivity contribution is 7.09. The first-order chi connectivity index (χ1) is 16.8. The Kier molecular flexibility index (Phi) is 6.12. The number of hydrogen-bond acceptors (Lipinski definition) is 7. The molecule has 1 unspecified atom stereocenters. The summed E-state index contributed by atoms with van der Waals surface area (Å²) in [5, 5.41) is 15.8. The van der Waals surface area contributed by atoms with E-state index in [4.69, 9.17) is 4.42 Å². The lowest BCUT2D eigenvalue weighted by Gasteiger charge is -2.32. The maximum absolute atomic E-state index is 13.6. The van der Waals surface area contributed by atoms with Crippen molar-refractivity contribution in [2.45, 2.75) is 52.4 Å². The topological polar surface area (TPSA) is 92.8 Å². The van der Waals surface area contributed by atoms with E-state index in [-0.39, 0.29) is 11.1 Å². The van der Waals surface area contributed by atoms with Crippen molar-refractivity contribution < 1.29 is 4.42 Å². The molecule has 1 aromatic carbocycles. The van der Waals surface area contributed by atoms with Gasteiger partial charge in [-0.05, 0) is 84.8 Å². The Hall–Kier alpha value is -3.56. The molecule has 5 aromatic rings. The molecular weight excluding hydrogens is 460 g/mol. The first-order valence-corrected chi connectivity index (χ1v) is 12.4. The van der Waals surface area contributed by atoms with Crippen LogP contribution >= 0.6 is 11.3 Å². The van der Waals surface area contributed by atoms with Gasteiger partial charge in [-0.15, -0.1) is 16.4 Å². The first-order valence-electron chi connectivity index (χ1n) is 11.5. The van der Waals surface area contributed by atoms with Crippen LogP contribution in [-0.2, 0) is 18.6 Å². The molecule has 4 heterocycles. The van der Waals surface area contributed by atoms with Gasteiger partial charge in [-0.3, -0.25) is 9.69 Å². The summed E-state index contributed by atoms with van der Waals surface area (Å²) in [6.07, 6.45) is 1.66. The molecule has 0 bridgehead atoms. The van der Waals surface area contributed by atoms with Crippen LogP contribution in [0.2, 0.25) is 0 Å². The quantitative estimate of drug-likeness (QED) is 0.346. The third-order valence-corrected chi connectivity index (χ3v) is 6.80. The van der Waals surface area contributed by atoms with Crippen LogP contribution in [-0.4, -0.2) is 30.1 Å². The summed E-state index contributed by atoms with van der Waals surface area (Å²) in [4.78, 5) is 20.0. The first kappa shape index (κ1) is 23.2. The van der Waals surface area contributed by atoms with Gasteiger partial charge in [0.1, 0.15) is 11.8 Å². The second-order valence-corrected chi connectivity index (χ2v) is 10.8. The fourth-order valence-corrected chi connectivity index (χ4v) is 5.05. The number of nitrogens with one attached hydrogen (secondary N) is 1. The molecule has 35 heavy (non-hydrogen) atoms. The number of H-pyrrole nitrogens is 1. The van der Waals surface area contributed by atoms with Gasteiger partial charge in [0.05, 0.1) is 18.3 Å². The number of aryl methyl sites for hydroxylation is 1. The number of pyridine rings is 1. The molecule has 180 valence electrons. The SMILES string of the molecule is Cc1ccc2cc(C(c3nnnn3C(C)(C)C)N(Cc3ccco3)Cc3cccs3)c(=O)[nH]c2c1. The third kappa shape index (κ3) is 4.82. The van der Waals surface area contributed by atoms with Crippen LogP contribution in [0.25, 0.3) is 10.9 Å². The van der Waals surface area contributed by atoms with Gasteiger partial charge in [-0.2, -0.15) is 0 Å². The van der Waals surface area contributed by atoms with Crippen LogP contribution in [0.15, 0.2) is 69.4 Å². The molecule has 0 radical (unpaired) electrons. The van der Waals surface area contributed by atoms with Gasteiger partial charge in [0, 0.05) is 22.5 Å². The van der Waals surface area contributed by atoms with Crippen LogP contribution in [0.4, 0.5) is 0 Å². The van der Waals surface area contributed by atoms with E-state index in [0.717, 1.165) is 22.2 Å². The van der Waals surface area contributed by atoms with Crippen molar-refractivity contribution in [2.24, 2.45) is 0 Å². The van der Waals surface area contributed by atoms with Crippen molar-refractivity contribution >= 4 is 22.2 Å². The van der Waals surface area contributed by atoms with Crippen molar-refractivity contribution in [3.05, 3.63) is 98.1 Å². The molecular formula is C26H28N6O2S. The number of hydrogen-bond donors (Lipinski definition) is 1. The monoisotopic (exact) mass is 488 g/mol. The van der Waals surface area contributed by atoms with E-state index in [1.54, 1.807) is 22.3 Å². The Labute approximate surface area is 207 Å². The fourth-order valence-electron chi connectivity index (χ4n) is 4.32. The van der Waals surface area contributed by atoms with E-state index in [1.807, 2.05) is 70.2 Å². The average Bonchev–Trinajstić information content (AvgIpc) is 3.57. The summed E-state index contributed by atoms with van der Waals surface area (Å²) in [6.45, 7) is 9.25. The number of tetrazole rings is 1. The predicted molar refractivity (Wildman–Crippen MR) is 136 cm³/mol. The van der Waals surface area contributed by atoms with Gasteiger partial charge >= 0.3 is 0 Å². The van der Waals surface area contributed by atoms with Gasteiger partial charge in [-0.25, -0.2) is 4.68 Å². The number of nitrogens with zero attached hydrogens (tertiary/aromatic N) is 5. The zero-order chi connectivity index (χ0) is 24.6. The predicted octanol–water partition coefficient (Wildman–Crippen LogP) is 5.02. The molecule has 5 rings (SSSR count). The van der Waals surface area contributed by atoms with Gasteiger partial charge < -0.3 is 9.40 Å². The second kappa shape index (κ2) is 9.24. The minimum atomic E-state index is -0.508. The van der Waals surface area contributed by atoms with Crippen molar-refractivity contribution in [2.75, 3.05) is 0 Å². The van der Waals surface area contributed by atoms with Crippen molar-refractivity contribution in [3.63, 3.8) is 0 Å². The van der Waals surface area contributed by atoms with E-state index >= 15 is 0 Å². The number of rotatable bonds is 7. The number of thiophene rings is 1. The number of aromatic amines is 1. The van der Waals surface area contributed by atoms with Crippen LogP contribution in [0.1, 0.15) is 54.4 Å². The van der Waals surface area contributed by atoms with Gasteiger partial charge in [0.25, 0.3) is 5.56 Å². The standard InChI is InChI=1S/C26H28N6O2S/c1-17-9-10-18-14-21(25(33)27-22(18)13-17)23(24-28-29-30-32(24)26(2,3)4)31(15-19-7-5-11-34-19)16-20-8-6-12-35-20/h5-14,23H,15-16H2,1-4H3,(H,27,33). The van der Waals surface area contributed by atoms with E-state index < -0.39 is 6.04 Å². The van der Waals surface area contributed by atoms with Gasteiger partial charge in [0.2, 0.25) is 0 Å². The number of benzene rings is 1. The Bertz CT molecular complexity index is 1440. The lowest BCUT2D eigenvalue weighted by molar-refractivity contribution is 0.173. The van der Waals surface area contributed by atoms with Crippen LogP contribution < -0.4 is 5.56 Å². The summed E-state index contributed by atoms with van der Waals surface area (Å²) >= 11 is 1.68. The molecule has 0 saturated carbocycles. The Morgan fingerprint density at radius 2 is 2.00 bits per heavy atom. The summed E-state index contributed by atoms with van der Waals surface area (Å²) in [6, 6.07) is 15.5. The zero-order valence-electron chi connectivity index (χ0n) is 20.2. The summed E-state index contributed by atoms with van der Waals surface area (Å²) in [5.74, 6) is 1.41. The third-order valence-electron chi connectivity index (χ3n) is 5.94. The molecule has 0 amide bonds. The molecule has 1 atom stereocenters. The molecule has 8 nitrogen and oxygen atoms in total. The van der Waals surface area contributed by atoms with E-state index in [2.05, 4.69) is 36.9 Å². The fraction of sp³-hybridized carbons (Fsp3) is 0.308. The molecule has 4 aromatic heterocycles. The highest BCUT2D eigenvalue weighted by atomic mass is 32.1.